The van der Waals surface area contributed by atoms with E-state index in [2.05, 4.69) is 224 Å². The molecule has 0 bridgehead atoms. The van der Waals surface area contributed by atoms with Gasteiger partial charge in [0, 0.05) is 100 Å². The first-order valence-corrected chi connectivity index (χ1v) is 32.9. The van der Waals surface area contributed by atoms with Crippen molar-refractivity contribution in [1.29, 1.82) is 0 Å². The fraction of sp³-hybridized carbons (Fsp3) is 0. The first kappa shape index (κ1) is 51.6. The molecule has 8 aromatic heterocycles. The van der Waals surface area contributed by atoms with Gasteiger partial charge in [-0.15, -0.1) is 22.7 Å². The second-order valence-electron chi connectivity index (χ2n) is 24.2. The molecule has 0 amide bonds. The van der Waals surface area contributed by atoms with Crippen LogP contribution in [0.3, 0.4) is 0 Å². The summed E-state index contributed by atoms with van der Waals surface area (Å²) in [4.78, 5) is 19.9. The molecule has 8 nitrogen and oxygen atoms in total. The molecule has 22 rings (SSSR count). The lowest BCUT2D eigenvalue weighted by Crippen LogP contribution is -1.87. The third kappa shape index (κ3) is 7.60. The van der Waals surface area contributed by atoms with Gasteiger partial charge < -0.3 is 17.7 Å². The van der Waals surface area contributed by atoms with Gasteiger partial charge in [-0.3, -0.25) is 0 Å². The normalized spacial score (nSPS) is 12.3. The molecule has 0 aliphatic heterocycles. The van der Waals surface area contributed by atoms with E-state index >= 15 is 0 Å². The third-order valence-corrected chi connectivity index (χ3v) is 21.5. The van der Waals surface area contributed by atoms with Crippen molar-refractivity contribution in [1.82, 2.24) is 19.9 Å². The molecule has 0 spiro atoms. The van der Waals surface area contributed by atoms with Crippen LogP contribution >= 0.6 is 22.7 Å². The minimum absolute atomic E-state index is 0.488. The number of fused-ring (bicyclic) bond motifs is 26. The predicted octanol–water partition coefficient (Wildman–Crippen LogP) is 24.6. The number of thiophene rings is 2. The van der Waals surface area contributed by atoms with Gasteiger partial charge in [0.25, 0.3) is 0 Å². The van der Waals surface area contributed by atoms with Gasteiger partial charge in [0.1, 0.15) is 44.5 Å². The molecule has 0 radical (unpaired) electrons. The summed E-state index contributed by atoms with van der Waals surface area (Å²) in [6.07, 6.45) is 3.72. The highest BCUT2D eigenvalue weighted by Gasteiger charge is 2.22. The van der Waals surface area contributed by atoms with Gasteiger partial charge >= 0.3 is 0 Å². The molecule has 0 N–H and O–H groups in total. The predicted molar refractivity (Wildman–Crippen MR) is 391 cm³/mol. The van der Waals surface area contributed by atoms with Crippen LogP contribution in [-0.4, -0.2) is 19.9 Å². The molecule has 22 aromatic rings. The van der Waals surface area contributed by atoms with Crippen molar-refractivity contribution in [2.75, 3.05) is 0 Å². The molecule has 14 aromatic carbocycles. The van der Waals surface area contributed by atoms with E-state index in [-0.39, 0.29) is 0 Å². The van der Waals surface area contributed by atoms with E-state index in [0.29, 0.717) is 17.1 Å². The number of hydrogen-bond donors (Lipinski definition) is 0. The molecule has 8 heterocycles. The van der Waals surface area contributed by atoms with E-state index < -0.39 is 0 Å². The van der Waals surface area contributed by atoms with Crippen molar-refractivity contribution in [3.63, 3.8) is 0 Å². The smallest absolute Gasteiger partial charge is 0.246 e. The van der Waals surface area contributed by atoms with Crippen LogP contribution in [0, 0.1) is 0 Å². The fourth-order valence-corrected chi connectivity index (χ4v) is 17.2. The Bertz CT molecular complexity index is 6880. The van der Waals surface area contributed by atoms with Gasteiger partial charge in [-0.05, 0) is 104 Å². The number of para-hydroxylation sites is 2. The Balaban J connectivity index is 0.000000126. The summed E-state index contributed by atoms with van der Waals surface area (Å²) >= 11 is 3.67. The molecule has 0 aliphatic rings. The Morgan fingerprint density at radius 2 is 0.660 bits per heavy atom. The number of furan rings is 4. The molecule has 436 valence electrons. The molecule has 10 heteroatoms. The highest BCUT2D eigenvalue weighted by molar-refractivity contribution is 7.27. The van der Waals surface area contributed by atoms with Crippen LogP contribution in [0.15, 0.2) is 285 Å². The van der Waals surface area contributed by atoms with Crippen molar-refractivity contribution < 1.29 is 17.7 Å². The molecule has 0 fully saturated rings. The van der Waals surface area contributed by atoms with Crippen LogP contribution in [-0.2, 0) is 0 Å². The Morgan fingerprint density at radius 3 is 1.20 bits per heavy atom. The third-order valence-electron chi connectivity index (χ3n) is 19.1. The maximum Gasteiger partial charge on any atom is 0.246 e. The van der Waals surface area contributed by atoms with Gasteiger partial charge in [-0.25, -0.2) is 19.9 Å². The zero-order valence-corrected chi connectivity index (χ0v) is 51.3. The second-order valence-corrected chi connectivity index (χ2v) is 26.3. The summed E-state index contributed by atoms with van der Waals surface area (Å²) in [6.45, 7) is 0. The van der Waals surface area contributed by atoms with E-state index in [1.54, 1.807) is 0 Å². The van der Waals surface area contributed by atoms with Crippen molar-refractivity contribution >= 4 is 194 Å². The van der Waals surface area contributed by atoms with Gasteiger partial charge in [-0.2, -0.15) is 0 Å². The largest absolute Gasteiger partial charge is 0.455 e. The molecule has 0 saturated heterocycles. The lowest BCUT2D eigenvalue weighted by atomic mass is 9.99. The van der Waals surface area contributed by atoms with E-state index in [4.69, 9.17) is 37.6 Å². The van der Waals surface area contributed by atoms with Gasteiger partial charge in [0.2, 0.25) is 11.4 Å². The topological polar surface area (TPSA) is 104 Å². The SMILES string of the molecule is c1ccc2c(c1)ccc1c3cccc(-c4ccc5oc6nc(-c7cccc8c7oc7c9ccccc9ccc87)cnc6c5c4)c3oc21.c1ccc2c(c1)ccc1sc3c(-c4ccc5oc6nc(-c7cccc8c7sc7ccc9ccccc9c78)cnc6c5c4)cccc3c12. The summed E-state index contributed by atoms with van der Waals surface area (Å²) in [5.41, 5.74) is 15.4. The first-order valence-electron chi connectivity index (χ1n) is 31.3. The van der Waals surface area contributed by atoms with Gasteiger partial charge in [0.05, 0.1) is 23.8 Å². The van der Waals surface area contributed by atoms with Crippen LogP contribution in [0.25, 0.3) is 216 Å². The van der Waals surface area contributed by atoms with E-state index in [1.165, 1.54) is 67.5 Å². The number of rotatable bonds is 4. The van der Waals surface area contributed by atoms with Crippen LogP contribution in [0.2, 0.25) is 0 Å². The zero-order chi connectivity index (χ0) is 61.3. The van der Waals surface area contributed by atoms with Gasteiger partial charge in [0.15, 0.2) is 0 Å². The van der Waals surface area contributed by atoms with Crippen molar-refractivity contribution in [3.8, 4) is 44.8 Å². The Kier molecular flexibility index (Phi) is 10.8. The highest BCUT2D eigenvalue weighted by Crippen LogP contribution is 2.47. The highest BCUT2D eigenvalue weighted by atomic mass is 32.1. The lowest BCUT2D eigenvalue weighted by Gasteiger charge is -2.04. The number of nitrogens with zero attached hydrogens (tertiary/aromatic N) is 4. The summed E-state index contributed by atoms with van der Waals surface area (Å²) in [5, 5.41) is 21.0. The van der Waals surface area contributed by atoms with E-state index in [9.17, 15) is 0 Å². The van der Waals surface area contributed by atoms with Crippen molar-refractivity contribution in [2.45, 2.75) is 0 Å². The van der Waals surface area contributed by atoms with Crippen molar-refractivity contribution in [3.05, 3.63) is 267 Å². The molecule has 0 saturated carbocycles. The average Bonchev–Trinajstić information content (AvgIpc) is 1.61. The number of hydrogen-bond acceptors (Lipinski definition) is 10. The molecule has 0 atom stereocenters. The van der Waals surface area contributed by atoms with E-state index in [1.807, 2.05) is 65.4 Å². The fourth-order valence-electron chi connectivity index (χ4n) is 14.7. The summed E-state index contributed by atoms with van der Waals surface area (Å²) in [6, 6.07) is 89.7. The molecule has 94 heavy (non-hydrogen) atoms. The zero-order valence-electron chi connectivity index (χ0n) is 49.6. The Labute approximate surface area is 540 Å². The maximum absolute atomic E-state index is 6.62. The van der Waals surface area contributed by atoms with Crippen molar-refractivity contribution in [2.24, 2.45) is 0 Å². The lowest BCUT2D eigenvalue weighted by molar-refractivity contribution is 0.653. The molecular formula is C84H44N4O4S2. The standard InChI is InChI=1S/C42H22N2O3.C42H22N2OS2/c1-3-9-26-23(7-1)15-18-31-29-12-5-11-28(40(29)46-38(26)31)25-17-20-36-34(21-25)37-42(45-36)44-35(22-43-37)33-14-6-13-30-32-19-16-24-8-2-4-10-27(24)39(32)47-41(30)33;1-3-9-26-23(7-1)16-19-35-37(26)30-13-5-11-28(40(30)46-35)25-15-18-34-32(21-25)39-42(45-34)44-33(22-43-39)29-12-6-14-31-38-27-10-4-2-8-24(27)17-20-36(38)47-41(29)31/h2*1-22H. The molecule has 0 unspecified atom stereocenters. The monoisotopic (exact) mass is 1240 g/mol. The summed E-state index contributed by atoms with van der Waals surface area (Å²) < 4.78 is 30.9. The Hall–Kier alpha value is -12.1. The first-order chi connectivity index (χ1) is 46.6. The van der Waals surface area contributed by atoms with Crippen LogP contribution in [0.4, 0.5) is 0 Å². The Morgan fingerprint density at radius 1 is 0.266 bits per heavy atom. The van der Waals surface area contributed by atoms with Crippen LogP contribution in [0.1, 0.15) is 0 Å². The molecule has 0 aliphatic carbocycles. The second kappa shape index (κ2) is 19.7. The van der Waals surface area contributed by atoms with E-state index in [0.717, 1.165) is 132 Å². The quantitative estimate of drug-likeness (QED) is 0.172. The summed E-state index contributed by atoms with van der Waals surface area (Å²) in [7, 11) is 0. The number of aromatic nitrogens is 4. The van der Waals surface area contributed by atoms with Crippen LogP contribution in [0.5, 0.6) is 0 Å². The van der Waals surface area contributed by atoms with Gasteiger partial charge in [-0.1, -0.05) is 200 Å². The van der Waals surface area contributed by atoms with Crippen LogP contribution < -0.4 is 0 Å². The summed E-state index contributed by atoms with van der Waals surface area (Å²) in [5.74, 6) is 0. The molecular weight excluding hydrogens is 1190 g/mol. The maximum atomic E-state index is 6.62. The average molecular weight is 1240 g/mol. The minimum atomic E-state index is 0.488. The number of benzene rings is 14. The minimum Gasteiger partial charge on any atom is -0.455 e.